The van der Waals surface area contributed by atoms with Gasteiger partial charge in [-0.25, -0.2) is 26.4 Å². The number of carboxylic acids is 1. The summed E-state index contributed by atoms with van der Waals surface area (Å²) in [5.74, 6) is -0.857. The Bertz CT molecular complexity index is 752. The zero-order chi connectivity index (χ0) is 16.4. The fourth-order valence-corrected chi connectivity index (χ4v) is 5.32. The van der Waals surface area contributed by atoms with Crippen LogP contribution in [0.4, 0.5) is 0 Å². The van der Waals surface area contributed by atoms with E-state index in [4.69, 9.17) is 5.11 Å². The second-order valence-corrected chi connectivity index (χ2v) is 9.28. The molecule has 0 saturated carbocycles. The Morgan fingerprint density at radius 2 is 1.91 bits per heavy atom. The molecule has 1 aromatic rings. The van der Waals surface area contributed by atoms with Gasteiger partial charge in [-0.1, -0.05) is 0 Å². The van der Waals surface area contributed by atoms with E-state index >= 15 is 0 Å². The molecule has 1 atom stereocenters. The molecule has 0 bridgehead atoms. The second kappa shape index (κ2) is 6.35. The number of sulfonamides is 1. The lowest BCUT2D eigenvalue weighted by Gasteiger charge is -2.10. The minimum Gasteiger partial charge on any atom is -0.478 e. The Kier molecular flexibility index (Phi) is 4.88. The molecule has 22 heavy (non-hydrogen) atoms. The number of hydrogen-bond acceptors (Lipinski definition) is 5. The predicted molar refractivity (Wildman–Crippen MR) is 80.0 cm³/mol. The van der Waals surface area contributed by atoms with Crippen LogP contribution in [0.1, 0.15) is 23.2 Å². The summed E-state index contributed by atoms with van der Waals surface area (Å²) in [6, 6.07) is 4.90. The number of sulfone groups is 1. The maximum atomic E-state index is 12.0. The normalized spacial score (nSPS) is 20.8. The summed E-state index contributed by atoms with van der Waals surface area (Å²) in [5, 5.41) is 8.77. The first-order valence-electron chi connectivity index (χ1n) is 6.73. The SMILES string of the molecule is O=C(O)c1ccc(S(=O)(=O)NCCC2CCS(=O)(=O)C2)cc1. The van der Waals surface area contributed by atoms with Crippen LogP contribution in [0.25, 0.3) is 0 Å². The van der Waals surface area contributed by atoms with Gasteiger partial charge in [-0.2, -0.15) is 0 Å². The first-order chi connectivity index (χ1) is 10.2. The minimum atomic E-state index is -3.72. The van der Waals surface area contributed by atoms with E-state index in [9.17, 15) is 21.6 Å². The molecule has 7 nitrogen and oxygen atoms in total. The molecule has 2 N–H and O–H groups in total. The Hall–Kier alpha value is -1.45. The largest absolute Gasteiger partial charge is 0.478 e. The molecule has 1 unspecified atom stereocenters. The van der Waals surface area contributed by atoms with Crippen LogP contribution in [0.2, 0.25) is 0 Å². The summed E-state index contributed by atoms with van der Waals surface area (Å²) in [7, 11) is -6.67. The van der Waals surface area contributed by atoms with Gasteiger partial charge < -0.3 is 5.11 Å². The summed E-state index contributed by atoms with van der Waals surface area (Å²) >= 11 is 0. The van der Waals surface area contributed by atoms with Gasteiger partial charge in [-0.3, -0.25) is 0 Å². The van der Waals surface area contributed by atoms with E-state index in [-0.39, 0.29) is 34.4 Å². The standard InChI is InChI=1S/C13H17NO6S2/c15-13(16)11-1-3-12(4-2-11)22(19,20)14-7-5-10-6-8-21(17,18)9-10/h1-4,10,14H,5-9H2,(H,15,16). The highest BCUT2D eigenvalue weighted by Crippen LogP contribution is 2.21. The Morgan fingerprint density at radius 1 is 1.27 bits per heavy atom. The molecule has 1 aliphatic rings. The lowest BCUT2D eigenvalue weighted by atomic mass is 10.1. The molecule has 1 saturated heterocycles. The van der Waals surface area contributed by atoms with Gasteiger partial charge >= 0.3 is 5.97 Å². The zero-order valence-corrected chi connectivity index (χ0v) is 13.4. The molecule has 0 aromatic heterocycles. The zero-order valence-electron chi connectivity index (χ0n) is 11.7. The van der Waals surface area contributed by atoms with E-state index in [1.807, 2.05) is 0 Å². The number of benzene rings is 1. The highest BCUT2D eigenvalue weighted by Gasteiger charge is 2.27. The van der Waals surface area contributed by atoms with E-state index in [1.165, 1.54) is 24.3 Å². The maximum Gasteiger partial charge on any atom is 0.335 e. The van der Waals surface area contributed by atoms with Crippen molar-refractivity contribution in [3.8, 4) is 0 Å². The van der Waals surface area contributed by atoms with Crippen LogP contribution in [-0.2, 0) is 19.9 Å². The summed E-state index contributed by atoms with van der Waals surface area (Å²) < 4.78 is 49.1. The number of carbonyl (C=O) groups is 1. The van der Waals surface area contributed by atoms with Crippen molar-refractivity contribution in [3.63, 3.8) is 0 Å². The monoisotopic (exact) mass is 347 g/mol. The van der Waals surface area contributed by atoms with Crippen LogP contribution in [0.5, 0.6) is 0 Å². The fraction of sp³-hybridized carbons (Fsp3) is 0.462. The van der Waals surface area contributed by atoms with Crippen LogP contribution in [0, 0.1) is 5.92 Å². The van der Waals surface area contributed by atoms with Crippen LogP contribution >= 0.6 is 0 Å². The van der Waals surface area contributed by atoms with Gasteiger partial charge in [-0.05, 0) is 43.0 Å². The van der Waals surface area contributed by atoms with Crippen molar-refractivity contribution < 1.29 is 26.7 Å². The summed E-state index contributed by atoms with van der Waals surface area (Å²) in [6.07, 6.45) is 1.03. The van der Waals surface area contributed by atoms with E-state index < -0.39 is 25.8 Å². The third-order valence-corrected chi connectivity index (χ3v) is 6.90. The van der Waals surface area contributed by atoms with Crippen molar-refractivity contribution in [2.24, 2.45) is 5.92 Å². The van der Waals surface area contributed by atoms with Crippen molar-refractivity contribution in [1.82, 2.24) is 4.72 Å². The van der Waals surface area contributed by atoms with E-state index in [2.05, 4.69) is 4.72 Å². The molecule has 0 radical (unpaired) electrons. The van der Waals surface area contributed by atoms with Crippen LogP contribution < -0.4 is 4.72 Å². The predicted octanol–water partition coefficient (Wildman–Crippen LogP) is 0.488. The minimum absolute atomic E-state index is 0.00936. The molecule has 0 spiro atoms. The van der Waals surface area contributed by atoms with Crippen LogP contribution in [0.3, 0.4) is 0 Å². The van der Waals surface area contributed by atoms with Gasteiger partial charge in [0.15, 0.2) is 9.84 Å². The fourth-order valence-electron chi connectivity index (χ4n) is 2.36. The van der Waals surface area contributed by atoms with Crippen molar-refractivity contribution >= 4 is 25.8 Å². The molecule has 0 amide bonds. The third kappa shape index (κ3) is 4.28. The smallest absolute Gasteiger partial charge is 0.335 e. The Labute approximate surface area is 129 Å². The van der Waals surface area contributed by atoms with Gasteiger partial charge in [0.1, 0.15) is 0 Å². The van der Waals surface area contributed by atoms with Crippen molar-refractivity contribution in [3.05, 3.63) is 29.8 Å². The number of carboxylic acid groups (broad SMARTS) is 1. The topological polar surface area (TPSA) is 118 Å². The molecule has 1 heterocycles. The molecule has 2 rings (SSSR count). The lowest BCUT2D eigenvalue weighted by molar-refractivity contribution is 0.0696. The first-order valence-corrected chi connectivity index (χ1v) is 10.0. The summed E-state index contributed by atoms with van der Waals surface area (Å²) in [6.45, 7) is 0.156. The molecule has 0 aliphatic carbocycles. The van der Waals surface area contributed by atoms with Gasteiger partial charge in [0.2, 0.25) is 10.0 Å². The quantitative estimate of drug-likeness (QED) is 0.773. The van der Waals surface area contributed by atoms with Crippen molar-refractivity contribution in [1.29, 1.82) is 0 Å². The molecular formula is C13H17NO6S2. The van der Waals surface area contributed by atoms with Crippen LogP contribution in [0.15, 0.2) is 29.2 Å². The molecule has 1 fully saturated rings. The van der Waals surface area contributed by atoms with Gasteiger partial charge in [0.25, 0.3) is 0 Å². The maximum absolute atomic E-state index is 12.0. The number of nitrogens with one attached hydrogen (secondary N) is 1. The number of aromatic carboxylic acids is 1. The Balaban J connectivity index is 1.92. The number of rotatable bonds is 6. The highest BCUT2D eigenvalue weighted by atomic mass is 32.2. The lowest BCUT2D eigenvalue weighted by Crippen LogP contribution is -2.26. The third-order valence-electron chi connectivity index (χ3n) is 3.58. The van der Waals surface area contributed by atoms with E-state index in [0.717, 1.165) is 0 Å². The molecule has 9 heteroatoms. The molecular weight excluding hydrogens is 330 g/mol. The van der Waals surface area contributed by atoms with Gasteiger partial charge in [-0.15, -0.1) is 0 Å². The van der Waals surface area contributed by atoms with Crippen molar-refractivity contribution in [2.45, 2.75) is 17.7 Å². The van der Waals surface area contributed by atoms with Crippen LogP contribution in [-0.4, -0.2) is 46.0 Å². The molecule has 122 valence electrons. The summed E-state index contributed by atoms with van der Waals surface area (Å²) in [5.41, 5.74) is 0.00936. The number of hydrogen-bond donors (Lipinski definition) is 2. The molecule has 1 aliphatic heterocycles. The van der Waals surface area contributed by atoms with Crippen molar-refractivity contribution in [2.75, 3.05) is 18.1 Å². The van der Waals surface area contributed by atoms with Gasteiger partial charge in [0.05, 0.1) is 22.0 Å². The van der Waals surface area contributed by atoms with Gasteiger partial charge in [0, 0.05) is 6.54 Å². The first kappa shape index (κ1) is 16.9. The average molecular weight is 347 g/mol. The summed E-state index contributed by atoms with van der Waals surface area (Å²) in [4.78, 5) is 10.7. The van der Waals surface area contributed by atoms with E-state index in [1.54, 1.807) is 0 Å². The highest BCUT2D eigenvalue weighted by molar-refractivity contribution is 7.91. The molecule has 1 aromatic carbocycles. The van der Waals surface area contributed by atoms with E-state index in [0.29, 0.717) is 12.8 Å². The second-order valence-electron chi connectivity index (χ2n) is 5.29. The average Bonchev–Trinajstić information content (AvgIpc) is 2.78. The Morgan fingerprint density at radius 3 is 2.41 bits per heavy atom.